The van der Waals surface area contributed by atoms with Crippen LogP contribution in [0, 0.1) is 11.3 Å². The number of carbonyl (C=O) groups excluding carboxylic acids is 2. The van der Waals surface area contributed by atoms with Gasteiger partial charge in [-0.2, -0.15) is 5.26 Å². The molecule has 2 N–H and O–H groups in total. The number of imide groups is 1. The Bertz CT molecular complexity index is 966. The lowest BCUT2D eigenvalue weighted by molar-refractivity contribution is -0.121. The lowest BCUT2D eigenvalue weighted by Gasteiger charge is -2.28. The number of nitriles is 1. The summed E-state index contributed by atoms with van der Waals surface area (Å²) >= 11 is 12.1. The van der Waals surface area contributed by atoms with Crippen LogP contribution in [0.1, 0.15) is 17.0 Å². The first-order valence-electron chi connectivity index (χ1n) is 8.28. The predicted molar refractivity (Wildman–Crippen MR) is 102 cm³/mol. The summed E-state index contributed by atoms with van der Waals surface area (Å²) in [6.07, 6.45) is 0. The van der Waals surface area contributed by atoms with Gasteiger partial charge < -0.3 is 10.6 Å². The molecule has 2 aliphatic rings. The Morgan fingerprint density at radius 1 is 1.11 bits per heavy atom. The van der Waals surface area contributed by atoms with E-state index in [9.17, 15) is 9.59 Å². The fraction of sp³-hybridized carbons (Fsp3) is 0.211. The van der Waals surface area contributed by atoms with E-state index in [1.165, 1.54) is 18.2 Å². The van der Waals surface area contributed by atoms with E-state index in [1.807, 2.05) is 12.1 Å². The molecule has 27 heavy (non-hydrogen) atoms. The number of benzene rings is 2. The van der Waals surface area contributed by atoms with Gasteiger partial charge in [0.15, 0.2) is 0 Å². The number of carbonyl (C=O) groups is 2. The van der Waals surface area contributed by atoms with Crippen molar-refractivity contribution >= 4 is 40.8 Å². The highest BCUT2D eigenvalue weighted by atomic mass is 35.5. The van der Waals surface area contributed by atoms with Gasteiger partial charge in [-0.3, -0.25) is 4.79 Å². The van der Waals surface area contributed by atoms with Gasteiger partial charge in [-0.05, 0) is 35.9 Å². The number of amides is 3. The Morgan fingerprint density at radius 3 is 2.41 bits per heavy atom. The second-order valence-electron chi connectivity index (χ2n) is 6.59. The molecular formula is C19H14Cl2N4O2. The smallest absolute Gasteiger partial charge is 0.321 e. The lowest BCUT2D eigenvalue weighted by atomic mass is 9.81. The average Bonchev–Trinajstić information content (AvgIpc) is 3.16. The normalized spacial score (nSPS) is 24.3. The number of nitrogens with one attached hydrogen (secondary N) is 2. The van der Waals surface area contributed by atoms with E-state index in [2.05, 4.69) is 16.7 Å². The zero-order valence-corrected chi connectivity index (χ0v) is 15.5. The van der Waals surface area contributed by atoms with Gasteiger partial charge in [0.05, 0.1) is 17.3 Å². The molecule has 6 nitrogen and oxygen atoms in total. The molecule has 2 aromatic carbocycles. The first-order valence-corrected chi connectivity index (χ1v) is 9.04. The minimum Gasteiger partial charge on any atom is -0.321 e. The summed E-state index contributed by atoms with van der Waals surface area (Å²) in [6.45, 7) is 0.842. The van der Waals surface area contributed by atoms with Gasteiger partial charge in [0.1, 0.15) is 5.54 Å². The van der Waals surface area contributed by atoms with Gasteiger partial charge in [0.2, 0.25) is 0 Å². The van der Waals surface area contributed by atoms with Crippen LogP contribution in [-0.4, -0.2) is 30.6 Å². The molecular weight excluding hydrogens is 387 g/mol. The third-order valence-electron chi connectivity index (χ3n) is 5.01. The summed E-state index contributed by atoms with van der Waals surface area (Å²) in [5.41, 5.74) is 0.645. The third kappa shape index (κ3) is 2.85. The van der Waals surface area contributed by atoms with Gasteiger partial charge in [-0.15, -0.1) is 0 Å². The fourth-order valence-electron chi connectivity index (χ4n) is 3.75. The second kappa shape index (κ2) is 6.54. The minimum absolute atomic E-state index is 0.263. The zero-order valence-electron chi connectivity index (χ0n) is 14.0. The Labute approximate surface area is 165 Å². The van der Waals surface area contributed by atoms with Crippen LogP contribution >= 0.6 is 23.2 Å². The van der Waals surface area contributed by atoms with E-state index < -0.39 is 11.6 Å². The number of hydrogen-bond acceptors (Lipinski definition) is 4. The van der Waals surface area contributed by atoms with Crippen LogP contribution < -0.4 is 15.5 Å². The highest BCUT2D eigenvalue weighted by Gasteiger charge is 2.58. The Morgan fingerprint density at radius 2 is 1.78 bits per heavy atom. The van der Waals surface area contributed by atoms with Crippen LogP contribution in [0.2, 0.25) is 10.0 Å². The molecule has 0 radical (unpaired) electrons. The molecule has 0 aliphatic carbocycles. The standard InChI is InChI=1S/C19H14Cl2N4O2/c20-13-5-14(21)7-15(6-13)25-17(26)19(24-18(25)27)10-23-9-16(19)12-3-1-11(8-22)2-4-12/h1-7,16,23H,9-10H2,(H,24,27)/t16-,19-/m1/s1. The van der Waals surface area contributed by atoms with Gasteiger partial charge >= 0.3 is 6.03 Å². The lowest BCUT2D eigenvalue weighted by Crippen LogP contribution is -2.52. The van der Waals surface area contributed by atoms with Crippen molar-refractivity contribution < 1.29 is 9.59 Å². The molecule has 4 rings (SSSR count). The minimum atomic E-state index is -1.10. The number of nitrogens with zero attached hydrogens (tertiary/aromatic N) is 2. The molecule has 3 amide bonds. The molecule has 2 heterocycles. The summed E-state index contributed by atoms with van der Waals surface area (Å²) in [6, 6.07) is 13.2. The molecule has 136 valence electrons. The quantitative estimate of drug-likeness (QED) is 0.758. The van der Waals surface area contributed by atoms with Crippen LogP contribution in [0.25, 0.3) is 0 Å². The van der Waals surface area contributed by atoms with Gasteiger partial charge in [-0.1, -0.05) is 35.3 Å². The molecule has 0 unspecified atom stereocenters. The maximum atomic E-state index is 13.3. The molecule has 0 saturated carbocycles. The van der Waals surface area contributed by atoms with Crippen molar-refractivity contribution in [1.82, 2.24) is 10.6 Å². The van der Waals surface area contributed by atoms with E-state index in [1.54, 1.807) is 12.1 Å². The van der Waals surface area contributed by atoms with E-state index in [-0.39, 0.29) is 11.8 Å². The summed E-state index contributed by atoms with van der Waals surface area (Å²) < 4.78 is 0. The van der Waals surface area contributed by atoms with Crippen molar-refractivity contribution in [2.24, 2.45) is 0 Å². The molecule has 2 aromatic rings. The SMILES string of the molecule is N#Cc1ccc([C@H]2CNC[C@@]23NC(=O)N(c2cc(Cl)cc(Cl)c2)C3=O)cc1. The maximum Gasteiger partial charge on any atom is 0.329 e. The predicted octanol–water partition coefficient (Wildman–Crippen LogP) is 3.05. The number of hydrogen-bond donors (Lipinski definition) is 2. The monoisotopic (exact) mass is 400 g/mol. The van der Waals surface area contributed by atoms with E-state index in [0.717, 1.165) is 10.5 Å². The van der Waals surface area contributed by atoms with Gasteiger partial charge in [-0.25, -0.2) is 9.69 Å². The zero-order chi connectivity index (χ0) is 19.2. The first-order chi connectivity index (χ1) is 12.9. The Kier molecular flexibility index (Phi) is 4.31. The van der Waals surface area contributed by atoms with Crippen molar-refractivity contribution in [3.63, 3.8) is 0 Å². The topological polar surface area (TPSA) is 85.2 Å². The number of halogens is 2. The van der Waals surface area contributed by atoms with Crippen molar-refractivity contribution in [3.8, 4) is 6.07 Å². The van der Waals surface area contributed by atoms with E-state index in [0.29, 0.717) is 34.4 Å². The highest BCUT2D eigenvalue weighted by molar-refractivity contribution is 6.35. The van der Waals surface area contributed by atoms with E-state index in [4.69, 9.17) is 28.5 Å². The molecule has 2 saturated heterocycles. The van der Waals surface area contributed by atoms with Crippen LogP contribution in [0.5, 0.6) is 0 Å². The molecule has 2 fully saturated rings. The van der Waals surface area contributed by atoms with Gasteiger partial charge in [0.25, 0.3) is 5.91 Å². The van der Waals surface area contributed by atoms with Crippen molar-refractivity contribution in [1.29, 1.82) is 5.26 Å². The fourth-order valence-corrected chi connectivity index (χ4v) is 4.27. The summed E-state index contributed by atoms with van der Waals surface area (Å²) in [5, 5.41) is 15.7. The summed E-state index contributed by atoms with van der Waals surface area (Å²) in [5.74, 6) is -0.619. The molecule has 1 spiro atoms. The Hall–Kier alpha value is -2.59. The number of anilines is 1. The van der Waals surface area contributed by atoms with Crippen LogP contribution in [0.3, 0.4) is 0 Å². The largest absolute Gasteiger partial charge is 0.329 e. The van der Waals surface area contributed by atoms with Crippen LogP contribution in [-0.2, 0) is 4.79 Å². The first kappa shape index (κ1) is 17.8. The summed E-state index contributed by atoms with van der Waals surface area (Å²) in [7, 11) is 0. The number of rotatable bonds is 2. The van der Waals surface area contributed by atoms with Crippen molar-refractivity contribution in [2.45, 2.75) is 11.5 Å². The average molecular weight is 401 g/mol. The van der Waals surface area contributed by atoms with Crippen LogP contribution in [0.15, 0.2) is 42.5 Å². The van der Waals surface area contributed by atoms with Crippen molar-refractivity contribution in [3.05, 3.63) is 63.6 Å². The Balaban J connectivity index is 1.73. The van der Waals surface area contributed by atoms with E-state index >= 15 is 0 Å². The molecule has 0 aromatic heterocycles. The molecule has 2 atom stereocenters. The third-order valence-corrected chi connectivity index (χ3v) is 5.45. The number of urea groups is 1. The van der Waals surface area contributed by atoms with Crippen LogP contribution in [0.4, 0.5) is 10.5 Å². The molecule has 8 heteroatoms. The molecule has 0 bridgehead atoms. The van der Waals surface area contributed by atoms with Crippen molar-refractivity contribution in [2.75, 3.05) is 18.0 Å². The maximum absolute atomic E-state index is 13.3. The summed E-state index contributed by atoms with van der Waals surface area (Å²) in [4.78, 5) is 27.1. The second-order valence-corrected chi connectivity index (χ2v) is 7.46. The highest BCUT2D eigenvalue weighted by Crippen LogP contribution is 2.39. The molecule has 2 aliphatic heterocycles. The van der Waals surface area contributed by atoms with Gasteiger partial charge in [0, 0.05) is 29.1 Å².